The van der Waals surface area contributed by atoms with Crippen molar-refractivity contribution in [3.8, 4) is 11.5 Å². The van der Waals surface area contributed by atoms with Crippen molar-refractivity contribution in [3.05, 3.63) is 60.2 Å². The third-order valence-corrected chi connectivity index (χ3v) is 2.99. The number of rotatable bonds is 7. The van der Waals surface area contributed by atoms with Crippen molar-refractivity contribution in [3.63, 3.8) is 0 Å². The van der Waals surface area contributed by atoms with Gasteiger partial charge < -0.3 is 20.5 Å². The first-order valence-electron chi connectivity index (χ1n) is 7.17. The van der Waals surface area contributed by atoms with Crippen molar-refractivity contribution in [2.24, 2.45) is 0 Å². The number of para-hydroxylation sites is 2. The number of phenols is 1. The SMILES string of the molecule is O=C(COc1ccccc1O)NCCNC(=O)c1ccccc1. The largest absolute Gasteiger partial charge is 0.504 e. The Morgan fingerprint density at radius 1 is 0.913 bits per heavy atom. The molecule has 0 bridgehead atoms. The van der Waals surface area contributed by atoms with Crippen molar-refractivity contribution in [1.82, 2.24) is 10.6 Å². The summed E-state index contributed by atoms with van der Waals surface area (Å²) in [6.07, 6.45) is 0. The van der Waals surface area contributed by atoms with Gasteiger partial charge in [0.05, 0.1) is 0 Å². The van der Waals surface area contributed by atoms with Crippen LogP contribution in [0.3, 0.4) is 0 Å². The summed E-state index contributed by atoms with van der Waals surface area (Å²) in [5, 5.41) is 14.8. The molecule has 0 aliphatic carbocycles. The average Bonchev–Trinajstić information content (AvgIpc) is 2.58. The van der Waals surface area contributed by atoms with E-state index in [2.05, 4.69) is 10.6 Å². The molecule has 3 N–H and O–H groups in total. The van der Waals surface area contributed by atoms with Gasteiger partial charge in [0.2, 0.25) is 0 Å². The van der Waals surface area contributed by atoms with Gasteiger partial charge in [-0.15, -0.1) is 0 Å². The number of benzene rings is 2. The molecule has 0 fully saturated rings. The molecule has 120 valence electrons. The first-order chi connectivity index (χ1) is 11.2. The van der Waals surface area contributed by atoms with E-state index in [1.54, 1.807) is 42.5 Å². The number of hydrogen-bond acceptors (Lipinski definition) is 4. The number of nitrogens with one attached hydrogen (secondary N) is 2. The minimum absolute atomic E-state index is 0.0181. The van der Waals surface area contributed by atoms with Crippen LogP contribution in [0.4, 0.5) is 0 Å². The topological polar surface area (TPSA) is 87.7 Å². The minimum atomic E-state index is -0.331. The van der Waals surface area contributed by atoms with Crippen LogP contribution in [-0.4, -0.2) is 36.6 Å². The highest BCUT2D eigenvalue weighted by atomic mass is 16.5. The first-order valence-corrected chi connectivity index (χ1v) is 7.17. The van der Waals surface area contributed by atoms with Crippen LogP contribution in [0.2, 0.25) is 0 Å². The quantitative estimate of drug-likeness (QED) is 0.673. The molecule has 0 heterocycles. The average molecular weight is 314 g/mol. The second-order valence-electron chi connectivity index (χ2n) is 4.73. The number of carbonyl (C=O) groups is 2. The fourth-order valence-electron chi connectivity index (χ4n) is 1.84. The van der Waals surface area contributed by atoms with Crippen LogP contribution in [0.1, 0.15) is 10.4 Å². The first kappa shape index (κ1) is 16.4. The van der Waals surface area contributed by atoms with E-state index in [0.717, 1.165) is 0 Å². The van der Waals surface area contributed by atoms with Crippen LogP contribution in [0.15, 0.2) is 54.6 Å². The van der Waals surface area contributed by atoms with E-state index in [9.17, 15) is 14.7 Å². The molecule has 0 aliphatic heterocycles. The Kier molecular flexibility index (Phi) is 5.99. The normalized spacial score (nSPS) is 9.91. The lowest BCUT2D eigenvalue weighted by atomic mass is 10.2. The van der Waals surface area contributed by atoms with Crippen LogP contribution in [-0.2, 0) is 4.79 Å². The van der Waals surface area contributed by atoms with Gasteiger partial charge in [-0.2, -0.15) is 0 Å². The summed E-state index contributed by atoms with van der Waals surface area (Å²) in [4.78, 5) is 23.4. The maximum Gasteiger partial charge on any atom is 0.258 e. The molecule has 2 aromatic carbocycles. The Hall–Kier alpha value is -3.02. The highest BCUT2D eigenvalue weighted by Gasteiger charge is 2.06. The molecule has 0 atom stereocenters. The van der Waals surface area contributed by atoms with E-state index in [-0.39, 0.29) is 29.9 Å². The Bertz CT molecular complexity index is 659. The maximum atomic E-state index is 11.8. The monoisotopic (exact) mass is 314 g/mol. The van der Waals surface area contributed by atoms with E-state index in [1.807, 2.05) is 6.07 Å². The molecular weight excluding hydrogens is 296 g/mol. The number of aromatic hydroxyl groups is 1. The van der Waals surface area contributed by atoms with E-state index in [1.165, 1.54) is 6.07 Å². The zero-order chi connectivity index (χ0) is 16.5. The Morgan fingerprint density at radius 2 is 1.57 bits per heavy atom. The summed E-state index contributed by atoms with van der Waals surface area (Å²) < 4.78 is 5.20. The molecule has 0 saturated heterocycles. The number of carbonyl (C=O) groups excluding carboxylic acids is 2. The van der Waals surface area contributed by atoms with Gasteiger partial charge in [0, 0.05) is 18.7 Å². The molecule has 0 radical (unpaired) electrons. The van der Waals surface area contributed by atoms with Crippen LogP contribution in [0.5, 0.6) is 11.5 Å². The molecule has 23 heavy (non-hydrogen) atoms. The molecule has 0 saturated carbocycles. The summed E-state index contributed by atoms with van der Waals surface area (Å²) >= 11 is 0. The summed E-state index contributed by atoms with van der Waals surface area (Å²) in [5.41, 5.74) is 0.571. The van der Waals surface area contributed by atoms with Crippen molar-refractivity contribution < 1.29 is 19.4 Å². The van der Waals surface area contributed by atoms with Crippen molar-refractivity contribution >= 4 is 11.8 Å². The van der Waals surface area contributed by atoms with Gasteiger partial charge in [0.1, 0.15) is 0 Å². The molecular formula is C17H18N2O4. The molecule has 2 rings (SSSR count). The van der Waals surface area contributed by atoms with Crippen LogP contribution in [0.25, 0.3) is 0 Å². The van der Waals surface area contributed by atoms with Crippen molar-refractivity contribution in [1.29, 1.82) is 0 Å². The number of hydrogen-bond donors (Lipinski definition) is 3. The fourth-order valence-corrected chi connectivity index (χ4v) is 1.84. The molecule has 0 spiro atoms. The Morgan fingerprint density at radius 3 is 2.30 bits per heavy atom. The highest BCUT2D eigenvalue weighted by Crippen LogP contribution is 2.23. The third-order valence-electron chi connectivity index (χ3n) is 2.99. The molecule has 2 aromatic rings. The molecule has 0 aliphatic rings. The summed E-state index contributed by atoms with van der Waals surface area (Å²) in [5.74, 6) is -0.289. The second-order valence-corrected chi connectivity index (χ2v) is 4.73. The zero-order valence-corrected chi connectivity index (χ0v) is 12.5. The minimum Gasteiger partial charge on any atom is -0.504 e. The summed E-state index contributed by atoms with van der Waals surface area (Å²) in [6, 6.07) is 15.3. The van der Waals surface area contributed by atoms with Crippen LogP contribution >= 0.6 is 0 Å². The predicted octanol–water partition coefficient (Wildman–Crippen LogP) is 1.32. The molecule has 6 heteroatoms. The maximum absolute atomic E-state index is 11.8. The molecule has 2 amide bonds. The lowest BCUT2D eigenvalue weighted by Crippen LogP contribution is -2.36. The zero-order valence-electron chi connectivity index (χ0n) is 12.5. The Balaban J connectivity index is 1.63. The predicted molar refractivity (Wildman–Crippen MR) is 85.4 cm³/mol. The Labute approximate surface area is 134 Å². The van der Waals surface area contributed by atoms with Gasteiger partial charge in [-0.3, -0.25) is 9.59 Å². The van der Waals surface area contributed by atoms with E-state index in [0.29, 0.717) is 18.7 Å². The van der Waals surface area contributed by atoms with Crippen LogP contribution < -0.4 is 15.4 Å². The summed E-state index contributed by atoms with van der Waals surface area (Å²) in [7, 11) is 0. The van der Waals surface area contributed by atoms with Crippen molar-refractivity contribution in [2.45, 2.75) is 0 Å². The lowest BCUT2D eigenvalue weighted by molar-refractivity contribution is -0.123. The fraction of sp³-hybridized carbons (Fsp3) is 0.176. The van der Waals surface area contributed by atoms with E-state index >= 15 is 0 Å². The van der Waals surface area contributed by atoms with Gasteiger partial charge in [-0.1, -0.05) is 30.3 Å². The third kappa shape index (κ3) is 5.35. The smallest absolute Gasteiger partial charge is 0.258 e. The number of phenolic OH excluding ortho intramolecular Hbond substituents is 1. The van der Waals surface area contributed by atoms with Gasteiger partial charge in [-0.05, 0) is 24.3 Å². The van der Waals surface area contributed by atoms with Crippen molar-refractivity contribution in [2.75, 3.05) is 19.7 Å². The number of amides is 2. The highest BCUT2D eigenvalue weighted by molar-refractivity contribution is 5.94. The second kappa shape index (κ2) is 8.43. The van der Waals surface area contributed by atoms with Gasteiger partial charge in [0.25, 0.3) is 11.8 Å². The standard InChI is InChI=1S/C17H18N2O4/c20-14-8-4-5-9-15(14)23-12-16(21)18-10-11-19-17(22)13-6-2-1-3-7-13/h1-9,20H,10-12H2,(H,18,21)(H,19,22). The molecule has 0 aromatic heterocycles. The van der Waals surface area contributed by atoms with E-state index in [4.69, 9.17) is 4.74 Å². The van der Waals surface area contributed by atoms with Crippen LogP contribution in [0, 0.1) is 0 Å². The van der Waals surface area contributed by atoms with Gasteiger partial charge >= 0.3 is 0 Å². The number of ether oxygens (including phenoxy) is 1. The van der Waals surface area contributed by atoms with Gasteiger partial charge in [0.15, 0.2) is 18.1 Å². The lowest BCUT2D eigenvalue weighted by Gasteiger charge is -2.09. The van der Waals surface area contributed by atoms with E-state index < -0.39 is 0 Å². The molecule has 6 nitrogen and oxygen atoms in total. The summed E-state index contributed by atoms with van der Waals surface area (Å²) in [6.45, 7) is 0.405. The van der Waals surface area contributed by atoms with Gasteiger partial charge in [-0.25, -0.2) is 0 Å². The molecule has 0 unspecified atom stereocenters.